The third-order valence-electron chi connectivity index (χ3n) is 3.70. The fourth-order valence-electron chi connectivity index (χ4n) is 2.46. The smallest absolute Gasteiger partial charge is 0.271 e. The molecule has 130 valence electrons. The average molecular weight is 341 g/mol. The van der Waals surface area contributed by atoms with Crippen LogP contribution in [0.3, 0.4) is 0 Å². The minimum atomic E-state index is -0.180. The maximum Gasteiger partial charge on any atom is 0.271 e. The molecule has 0 bridgehead atoms. The van der Waals surface area contributed by atoms with Crippen LogP contribution >= 0.6 is 0 Å². The molecule has 3 N–H and O–H groups in total. The number of rotatable bonds is 6. The summed E-state index contributed by atoms with van der Waals surface area (Å²) in [4.78, 5) is 14.1. The van der Waals surface area contributed by atoms with Crippen LogP contribution in [0.25, 0.3) is 11.3 Å². The molecule has 0 saturated carbocycles. The van der Waals surface area contributed by atoms with Gasteiger partial charge in [-0.05, 0) is 36.4 Å². The highest BCUT2D eigenvalue weighted by Gasteiger charge is 2.16. The highest BCUT2D eigenvalue weighted by atomic mass is 16.5. The Kier molecular flexibility index (Phi) is 4.80. The van der Waals surface area contributed by atoms with Gasteiger partial charge in [0.15, 0.2) is 0 Å². The first-order chi connectivity index (χ1) is 12.1. The first-order valence-electron chi connectivity index (χ1n) is 7.69. The Hall–Kier alpha value is -3.13. The maximum absolute atomic E-state index is 12.5. The molecule has 0 radical (unpaired) electrons. The molecule has 2 heterocycles. The van der Waals surface area contributed by atoms with Crippen LogP contribution in [-0.2, 0) is 17.9 Å². The minimum absolute atomic E-state index is 0.180. The van der Waals surface area contributed by atoms with Gasteiger partial charge in [-0.25, -0.2) is 0 Å². The molecule has 1 amide bonds. The van der Waals surface area contributed by atoms with E-state index in [0.29, 0.717) is 24.5 Å². The predicted molar refractivity (Wildman–Crippen MR) is 90.8 cm³/mol. The number of ether oxygens (including phenoxy) is 1. The first kappa shape index (κ1) is 16.7. The van der Waals surface area contributed by atoms with Gasteiger partial charge in [-0.2, -0.15) is 10.2 Å². The summed E-state index contributed by atoms with van der Waals surface area (Å²) in [5, 5.41) is 23.3. The number of carbonyl (C=O) groups is 1. The van der Waals surface area contributed by atoms with Crippen molar-refractivity contribution < 1.29 is 14.6 Å². The van der Waals surface area contributed by atoms with E-state index in [4.69, 9.17) is 4.74 Å². The van der Waals surface area contributed by atoms with Gasteiger partial charge in [0.2, 0.25) is 0 Å². The summed E-state index contributed by atoms with van der Waals surface area (Å²) in [7, 11) is 3.31. The molecular formula is C17H19N5O3. The lowest BCUT2D eigenvalue weighted by atomic mass is 10.1. The van der Waals surface area contributed by atoms with E-state index in [-0.39, 0.29) is 11.7 Å². The zero-order valence-electron chi connectivity index (χ0n) is 14.0. The van der Waals surface area contributed by atoms with E-state index in [1.54, 1.807) is 49.4 Å². The van der Waals surface area contributed by atoms with Crippen LogP contribution in [0.5, 0.6) is 5.75 Å². The van der Waals surface area contributed by atoms with Gasteiger partial charge in [-0.15, -0.1) is 0 Å². The van der Waals surface area contributed by atoms with Gasteiger partial charge in [0.25, 0.3) is 5.91 Å². The van der Waals surface area contributed by atoms with E-state index >= 15 is 0 Å². The molecule has 8 nitrogen and oxygen atoms in total. The monoisotopic (exact) mass is 341 g/mol. The number of aromatic amines is 2. The van der Waals surface area contributed by atoms with E-state index in [0.717, 1.165) is 17.0 Å². The van der Waals surface area contributed by atoms with E-state index in [9.17, 15) is 9.90 Å². The number of phenolic OH excluding ortho intramolecular Hbond substituents is 1. The summed E-state index contributed by atoms with van der Waals surface area (Å²) >= 11 is 0. The minimum Gasteiger partial charge on any atom is -0.508 e. The van der Waals surface area contributed by atoms with Crippen LogP contribution < -0.4 is 0 Å². The molecule has 2 aromatic heterocycles. The Morgan fingerprint density at radius 2 is 1.96 bits per heavy atom. The number of carbonyl (C=O) groups excluding carboxylic acids is 1. The first-order valence-corrected chi connectivity index (χ1v) is 7.69. The number of amides is 1. The molecule has 0 saturated heterocycles. The summed E-state index contributed by atoms with van der Waals surface area (Å²) in [6.45, 7) is 0.813. The number of aromatic hydroxyl groups is 1. The number of benzene rings is 1. The fourth-order valence-corrected chi connectivity index (χ4v) is 2.46. The number of H-pyrrole nitrogens is 2. The van der Waals surface area contributed by atoms with E-state index < -0.39 is 0 Å². The SMILES string of the molecule is COCc1cc(CN(C)C(=O)c2cc(-c3ccc(O)cc3)n[nH]2)[nH]n1. The molecule has 25 heavy (non-hydrogen) atoms. The van der Waals surface area contributed by atoms with Crippen molar-refractivity contribution in [1.82, 2.24) is 25.3 Å². The summed E-state index contributed by atoms with van der Waals surface area (Å²) < 4.78 is 5.02. The van der Waals surface area contributed by atoms with E-state index in [2.05, 4.69) is 20.4 Å². The van der Waals surface area contributed by atoms with Gasteiger partial charge < -0.3 is 14.7 Å². The molecule has 0 aliphatic carbocycles. The molecular weight excluding hydrogens is 322 g/mol. The van der Waals surface area contributed by atoms with Gasteiger partial charge >= 0.3 is 0 Å². The van der Waals surface area contributed by atoms with Gasteiger partial charge in [-0.1, -0.05) is 0 Å². The summed E-state index contributed by atoms with van der Waals surface area (Å²) in [5.74, 6) is 0.00291. The lowest BCUT2D eigenvalue weighted by molar-refractivity contribution is 0.0777. The summed E-state index contributed by atoms with van der Waals surface area (Å²) in [5.41, 5.74) is 3.45. The van der Waals surface area contributed by atoms with Crippen LogP contribution in [-0.4, -0.2) is 50.5 Å². The standard InChI is InChI=1S/C17H19N5O3/c1-22(9-12-7-13(10-25-2)19-18-12)17(24)16-8-15(20-21-16)11-3-5-14(23)6-4-11/h3-8,23H,9-10H2,1-2H3,(H,18,19)(H,20,21). The second-order valence-corrected chi connectivity index (χ2v) is 5.69. The van der Waals surface area contributed by atoms with E-state index in [1.165, 1.54) is 0 Å². The third-order valence-corrected chi connectivity index (χ3v) is 3.70. The summed E-state index contributed by atoms with van der Waals surface area (Å²) in [6, 6.07) is 10.2. The number of hydrogen-bond acceptors (Lipinski definition) is 5. The Bertz CT molecular complexity index is 853. The molecule has 0 fully saturated rings. The zero-order chi connectivity index (χ0) is 17.8. The van der Waals surface area contributed by atoms with Gasteiger partial charge in [0.05, 0.1) is 30.2 Å². The van der Waals surface area contributed by atoms with Crippen molar-refractivity contribution in [1.29, 1.82) is 0 Å². The normalized spacial score (nSPS) is 10.8. The molecule has 3 rings (SSSR count). The molecule has 1 aromatic carbocycles. The molecule has 8 heteroatoms. The van der Waals surface area contributed by atoms with Crippen molar-refractivity contribution in [2.45, 2.75) is 13.2 Å². The Morgan fingerprint density at radius 1 is 1.20 bits per heavy atom. The molecule has 0 unspecified atom stereocenters. The van der Waals surface area contributed by atoms with Crippen molar-refractivity contribution in [2.24, 2.45) is 0 Å². The molecule has 0 spiro atoms. The van der Waals surface area contributed by atoms with Crippen molar-refractivity contribution >= 4 is 5.91 Å². The van der Waals surface area contributed by atoms with Gasteiger partial charge in [0, 0.05) is 19.7 Å². The van der Waals surface area contributed by atoms with Crippen LogP contribution in [0.2, 0.25) is 0 Å². The summed E-state index contributed by atoms with van der Waals surface area (Å²) in [6.07, 6.45) is 0. The number of methoxy groups -OCH3 is 1. The molecule has 0 aliphatic heterocycles. The van der Waals surface area contributed by atoms with Crippen LogP contribution in [0.15, 0.2) is 36.4 Å². The van der Waals surface area contributed by atoms with E-state index in [1.807, 2.05) is 6.07 Å². The Morgan fingerprint density at radius 3 is 2.68 bits per heavy atom. The highest BCUT2D eigenvalue weighted by molar-refractivity contribution is 5.93. The number of aromatic nitrogens is 4. The Labute approximate surface area is 144 Å². The number of hydrogen-bond donors (Lipinski definition) is 3. The third kappa shape index (κ3) is 3.86. The Balaban J connectivity index is 1.68. The lowest BCUT2D eigenvalue weighted by Crippen LogP contribution is -2.26. The zero-order valence-corrected chi connectivity index (χ0v) is 14.0. The lowest BCUT2D eigenvalue weighted by Gasteiger charge is -2.14. The van der Waals surface area contributed by atoms with Crippen molar-refractivity contribution in [2.75, 3.05) is 14.2 Å². The fraction of sp³-hybridized carbons (Fsp3) is 0.235. The topological polar surface area (TPSA) is 107 Å². The van der Waals surface area contributed by atoms with Gasteiger partial charge in [0.1, 0.15) is 11.4 Å². The molecule has 0 aliphatic rings. The van der Waals surface area contributed by atoms with Crippen LogP contribution in [0.4, 0.5) is 0 Å². The van der Waals surface area contributed by atoms with Crippen molar-refractivity contribution in [3.05, 3.63) is 53.5 Å². The molecule has 0 atom stereocenters. The van der Waals surface area contributed by atoms with Crippen LogP contribution in [0.1, 0.15) is 21.9 Å². The predicted octanol–water partition coefficient (Wildman–Crippen LogP) is 1.92. The average Bonchev–Trinajstić information content (AvgIpc) is 3.25. The largest absolute Gasteiger partial charge is 0.508 e. The maximum atomic E-state index is 12.5. The number of nitrogens with zero attached hydrogens (tertiary/aromatic N) is 3. The number of phenols is 1. The van der Waals surface area contributed by atoms with Crippen molar-refractivity contribution in [3.63, 3.8) is 0 Å². The van der Waals surface area contributed by atoms with Crippen molar-refractivity contribution in [3.8, 4) is 17.0 Å². The van der Waals surface area contributed by atoms with Crippen LogP contribution in [0, 0.1) is 0 Å². The number of nitrogens with one attached hydrogen (secondary N) is 2. The molecule has 3 aromatic rings. The quantitative estimate of drug-likeness (QED) is 0.635. The second kappa shape index (κ2) is 7.18. The van der Waals surface area contributed by atoms with Gasteiger partial charge in [-0.3, -0.25) is 15.0 Å². The highest BCUT2D eigenvalue weighted by Crippen LogP contribution is 2.21. The second-order valence-electron chi connectivity index (χ2n) is 5.69.